The van der Waals surface area contributed by atoms with E-state index in [1.165, 1.54) is 5.56 Å². The van der Waals surface area contributed by atoms with Crippen molar-refractivity contribution in [2.45, 2.75) is 50.6 Å². The molecular formula is C29H36N4O5. The van der Waals surface area contributed by atoms with E-state index in [0.29, 0.717) is 37.4 Å². The fourth-order valence-electron chi connectivity index (χ4n) is 4.95. The van der Waals surface area contributed by atoms with Crippen molar-refractivity contribution in [3.63, 3.8) is 0 Å². The van der Waals surface area contributed by atoms with Crippen LogP contribution in [-0.2, 0) is 20.8 Å². The Morgan fingerprint density at radius 3 is 2.61 bits per heavy atom. The number of rotatable bonds is 5. The number of carbonyl (C=O) groups excluding carboxylic acids is 4. The Kier molecular flexibility index (Phi) is 9.35. The van der Waals surface area contributed by atoms with Crippen molar-refractivity contribution in [3.8, 4) is 5.75 Å². The smallest absolute Gasteiger partial charge is 0.255 e. The Morgan fingerprint density at radius 2 is 1.79 bits per heavy atom. The summed E-state index contributed by atoms with van der Waals surface area (Å²) < 4.78 is 5.87. The Hall–Kier alpha value is -3.88. The van der Waals surface area contributed by atoms with Gasteiger partial charge in [-0.3, -0.25) is 19.2 Å². The molecule has 9 heteroatoms. The highest BCUT2D eigenvalue weighted by molar-refractivity contribution is 5.99. The normalized spacial score (nSPS) is 20.9. The molecule has 4 amide bonds. The van der Waals surface area contributed by atoms with Gasteiger partial charge in [-0.2, -0.15) is 0 Å². The predicted octanol–water partition coefficient (Wildman–Crippen LogP) is 2.16. The van der Waals surface area contributed by atoms with Crippen LogP contribution in [0.15, 0.2) is 54.6 Å². The maximum Gasteiger partial charge on any atom is 0.255 e. The van der Waals surface area contributed by atoms with E-state index < -0.39 is 18.0 Å². The van der Waals surface area contributed by atoms with Crippen molar-refractivity contribution >= 4 is 23.6 Å². The summed E-state index contributed by atoms with van der Waals surface area (Å²) >= 11 is 0. The van der Waals surface area contributed by atoms with Gasteiger partial charge in [0.15, 0.2) is 0 Å². The summed E-state index contributed by atoms with van der Waals surface area (Å²) in [5, 5.41) is 5.73. The van der Waals surface area contributed by atoms with Crippen LogP contribution in [-0.4, -0.2) is 78.8 Å². The minimum atomic E-state index is -0.902. The number of likely N-dealkylation sites (N-methyl/N-ethyl adjacent to an activating group) is 1. The quantitative estimate of drug-likeness (QED) is 0.588. The third-order valence-electron chi connectivity index (χ3n) is 7.10. The first-order valence-electron chi connectivity index (χ1n) is 13.3. The van der Waals surface area contributed by atoms with Gasteiger partial charge in [-0.15, -0.1) is 0 Å². The van der Waals surface area contributed by atoms with Gasteiger partial charge in [0.1, 0.15) is 24.4 Å². The van der Waals surface area contributed by atoms with Crippen LogP contribution in [0.3, 0.4) is 0 Å². The molecule has 2 aromatic carbocycles. The standard InChI is InChI=1S/C29H36N4O5/c1-32-19-20-38-25-14-6-5-12-22(25)27(35)31-23(15-16-26(34)33-18-8-13-24(33)29(32)37)28(36)30-17-7-11-21-9-3-2-4-10-21/h2-6,9-10,12,14,23-24H,7-8,11,13,15-20H2,1H3,(H,30,36)(H,31,35)/t23-,24+/m0/s1. The van der Waals surface area contributed by atoms with E-state index in [1.54, 1.807) is 41.1 Å². The zero-order valence-electron chi connectivity index (χ0n) is 21.9. The monoisotopic (exact) mass is 520 g/mol. The van der Waals surface area contributed by atoms with Gasteiger partial charge in [0.2, 0.25) is 17.7 Å². The Balaban J connectivity index is 1.48. The molecule has 0 bridgehead atoms. The molecule has 9 nitrogen and oxygen atoms in total. The van der Waals surface area contributed by atoms with Crippen LogP contribution >= 0.6 is 0 Å². The van der Waals surface area contributed by atoms with Crippen molar-refractivity contribution < 1.29 is 23.9 Å². The number of amides is 4. The maximum absolute atomic E-state index is 13.2. The summed E-state index contributed by atoms with van der Waals surface area (Å²) in [6, 6.07) is 15.4. The van der Waals surface area contributed by atoms with Crippen molar-refractivity contribution in [2.24, 2.45) is 0 Å². The molecule has 4 rings (SSSR count). The van der Waals surface area contributed by atoms with Crippen LogP contribution in [0.1, 0.15) is 48.0 Å². The fourth-order valence-corrected chi connectivity index (χ4v) is 4.95. The van der Waals surface area contributed by atoms with Crippen molar-refractivity contribution in [3.05, 3.63) is 65.7 Å². The molecule has 2 heterocycles. The lowest BCUT2D eigenvalue weighted by atomic mass is 10.1. The zero-order chi connectivity index (χ0) is 26.9. The van der Waals surface area contributed by atoms with E-state index in [-0.39, 0.29) is 37.2 Å². The highest BCUT2D eigenvalue weighted by Gasteiger charge is 2.36. The lowest BCUT2D eigenvalue weighted by Gasteiger charge is -2.28. The van der Waals surface area contributed by atoms with E-state index in [0.717, 1.165) is 19.3 Å². The van der Waals surface area contributed by atoms with Crippen LogP contribution in [0.25, 0.3) is 0 Å². The molecule has 2 N–H and O–H groups in total. The summed E-state index contributed by atoms with van der Waals surface area (Å²) in [5.41, 5.74) is 1.48. The van der Waals surface area contributed by atoms with Gasteiger partial charge in [-0.05, 0) is 49.8 Å². The first-order chi connectivity index (χ1) is 18.4. The molecule has 2 aliphatic heterocycles. The number of fused-ring (bicyclic) bond motifs is 2. The minimum Gasteiger partial charge on any atom is -0.491 e. The third kappa shape index (κ3) is 6.90. The number of carbonyl (C=O) groups is 4. The number of ether oxygens (including phenoxy) is 1. The molecule has 2 aliphatic rings. The van der Waals surface area contributed by atoms with Crippen LogP contribution in [0, 0.1) is 0 Å². The molecule has 1 saturated heterocycles. The van der Waals surface area contributed by atoms with E-state index in [2.05, 4.69) is 10.6 Å². The molecule has 0 unspecified atom stereocenters. The van der Waals surface area contributed by atoms with Gasteiger partial charge in [0.05, 0.1) is 12.1 Å². The van der Waals surface area contributed by atoms with Crippen LogP contribution in [0.4, 0.5) is 0 Å². The number of aryl methyl sites for hydroxylation is 1. The van der Waals surface area contributed by atoms with E-state index >= 15 is 0 Å². The molecule has 2 atom stereocenters. The second kappa shape index (κ2) is 13.1. The van der Waals surface area contributed by atoms with Crippen LogP contribution < -0.4 is 15.4 Å². The minimum absolute atomic E-state index is 0.0496. The summed E-state index contributed by atoms with van der Waals surface area (Å²) in [5.74, 6) is -0.714. The van der Waals surface area contributed by atoms with E-state index in [9.17, 15) is 19.2 Å². The number of para-hydroxylation sites is 1. The molecular weight excluding hydrogens is 484 g/mol. The molecule has 0 aliphatic carbocycles. The largest absolute Gasteiger partial charge is 0.491 e. The van der Waals surface area contributed by atoms with Gasteiger partial charge < -0.3 is 25.2 Å². The first-order valence-corrected chi connectivity index (χ1v) is 13.3. The van der Waals surface area contributed by atoms with Crippen molar-refractivity contribution in [2.75, 3.05) is 33.3 Å². The number of nitrogens with zero attached hydrogens (tertiary/aromatic N) is 2. The maximum atomic E-state index is 13.2. The van der Waals surface area contributed by atoms with Crippen LogP contribution in [0.2, 0.25) is 0 Å². The summed E-state index contributed by atoms with van der Waals surface area (Å²) in [7, 11) is 1.70. The lowest BCUT2D eigenvalue weighted by molar-refractivity contribution is -0.143. The molecule has 202 valence electrons. The number of nitrogens with one attached hydrogen (secondary N) is 2. The summed E-state index contributed by atoms with van der Waals surface area (Å²) in [4.78, 5) is 55.8. The lowest BCUT2D eigenvalue weighted by Crippen LogP contribution is -2.49. The molecule has 0 radical (unpaired) electrons. The highest BCUT2D eigenvalue weighted by Crippen LogP contribution is 2.22. The van der Waals surface area contributed by atoms with Gasteiger partial charge in [0.25, 0.3) is 5.91 Å². The number of hydrogen-bond donors (Lipinski definition) is 2. The molecule has 0 aromatic heterocycles. The Bertz CT molecular complexity index is 1140. The van der Waals surface area contributed by atoms with Gasteiger partial charge >= 0.3 is 0 Å². The first kappa shape index (κ1) is 27.2. The second-order valence-electron chi connectivity index (χ2n) is 9.79. The molecule has 0 spiro atoms. The number of hydrogen-bond acceptors (Lipinski definition) is 5. The second-order valence-corrected chi connectivity index (χ2v) is 9.79. The van der Waals surface area contributed by atoms with Crippen LogP contribution in [0.5, 0.6) is 5.75 Å². The van der Waals surface area contributed by atoms with Gasteiger partial charge in [-0.1, -0.05) is 42.5 Å². The Labute approximate surface area is 223 Å². The molecule has 1 fully saturated rings. The summed E-state index contributed by atoms with van der Waals surface area (Å²) in [6.07, 6.45) is 3.11. The molecule has 0 saturated carbocycles. The van der Waals surface area contributed by atoms with Gasteiger partial charge in [0, 0.05) is 26.6 Å². The van der Waals surface area contributed by atoms with Crippen molar-refractivity contribution in [1.29, 1.82) is 0 Å². The molecule has 38 heavy (non-hydrogen) atoms. The Morgan fingerprint density at radius 1 is 1.03 bits per heavy atom. The fraction of sp³-hybridized carbons (Fsp3) is 0.448. The zero-order valence-corrected chi connectivity index (χ0v) is 21.9. The average molecular weight is 521 g/mol. The topological polar surface area (TPSA) is 108 Å². The van der Waals surface area contributed by atoms with Crippen molar-refractivity contribution in [1.82, 2.24) is 20.4 Å². The predicted molar refractivity (Wildman–Crippen MR) is 143 cm³/mol. The van der Waals surface area contributed by atoms with E-state index in [1.807, 2.05) is 30.3 Å². The number of benzene rings is 2. The highest BCUT2D eigenvalue weighted by atomic mass is 16.5. The molecule has 2 aromatic rings. The third-order valence-corrected chi connectivity index (χ3v) is 7.10. The summed E-state index contributed by atoms with van der Waals surface area (Å²) in [6.45, 7) is 1.47. The van der Waals surface area contributed by atoms with E-state index in [4.69, 9.17) is 4.74 Å². The van der Waals surface area contributed by atoms with Gasteiger partial charge in [-0.25, -0.2) is 0 Å². The average Bonchev–Trinajstić information content (AvgIpc) is 3.43. The SMILES string of the molecule is CN1CCOc2ccccc2C(=O)N[C@H](C(=O)NCCCc2ccccc2)CCC(=O)N2CCC[C@@H]2C1=O.